The Labute approximate surface area is 167 Å². The van der Waals surface area contributed by atoms with E-state index in [0.29, 0.717) is 24.1 Å². The zero-order valence-electron chi connectivity index (χ0n) is 14.8. The molecule has 0 saturated carbocycles. The summed E-state index contributed by atoms with van der Waals surface area (Å²) in [6.07, 6.45) is -3.18. The molecular weight excluding hydrogens is 417 g/mol. The van der Waals surface area contributed by atoms with Crippen LogP contribution in [0.25, 0.3) is 0 Å². The van der Waals surface area contributed by atoms with E-state index in [1.165, 1.54) is 11.0 Å². The molecule has 28 heavy (non-hydrogen) atoms. The third-order valence-corrected chi connectivity index (χ3v) is 7.00. The van der Waals surface area contributed by atoms with E-state index < -0.39 is 40.0 Å². The van der Waals surface area contributed by atoms with E-state index in [4.69, 9.17) is 4.74 Å². The summed E-state index contributed by atoms with van der Waals surface area (Å²) in [5.74, 6) is -0.0696. The van der Waals surface area contributed by atoms with Gasteiger partial charge in [-0.3, -0.25) is 14.0 Å². The van der Waals surface area contributed by atoms with Gasteiger partial charge in [-0.15, -0.1) is 0 Å². The lowest BCUT2D eigenvalue weighted by molar-refractivity contribution is 0.142. The number of rotatable bonds is 5. The number of hydrogen-bond acceptors (Lipinski definition) is 5. The molecule has 2 aliphatic heterocycles. The van der Waals surface area contributed by atoms with E-state index >= 15 is 0 Å². The molecule has 1 aromatic carbocycles. The smallest absolute Gasteiger partial charge is 0.414 e. The van der Waals surface area contributed by atoms with E-state index in [2.05, 4.69) is 17.5 Å². The van der Waals surface area contributed by atoms with Gasteiger partial charge in [-0.2, -0.15) is 10.6 Å². The Balaban J connectivity index is 1.63. The molecule has 2 saturated heterocycles. The molecule has 2 fully saturated rings. The van der Waals surface area contributed by atoms with Crippen LogP contribution < -0.4 is 10.2 Å². The van der Waals surface area contributed by atoms with Crippen LogP contribution in [-0.2, 0) is 4.74 Å². The number of carbonyl (C=O) groups is 1. The van der Waals surface area contributed by atoms with Crippen LogP contribution in [0.4, 0.5) is 23.7 Å². The highest BCUT2D eigenvalue weighted by Gasteiger charge is 2.34. The molecule has 0 aromatic heterocycles. The van der Waals surface area contributed by atoms with Crippen molar-refractivity contribution in [2.24, 2.45) is 0 Å². The van der Waals surface area contributed by atoms with E-state index in [1.54, 1.807) is 12.1 Å². The van der Waals surface area contributed by atoms with Crippen LogP contribution in [0, 0.1) is 5.82 Å². The van der Waals surface area contributed by atoms with Crippen LogP contribution in [0.3, 0.4) is 0 Å². The third kappa shape index (κ3) is 4.88. The van der Waals surface area contributed by atoms with Crippen molar-refractivity contribution in [3.63, 3.8) is 0 Å². The molecule has 3 N–H and O–H groups in total. The van der Waals surface area contributed by atoms with Crippen molar-refractivity contribution in [2.75, 3.05) is 29.5 Å². The van der Waals surface area contributed by atoms with Crippen LogP contribution in [0.5, 0.6) is 0 Å². The molecule has 0 aliphatic carbocycles. The van der Waals surface area contributed by atoms with E-state index in [-0.39, 0.29) is 30.5 Å². The van der Waals surface area contributed by atoms with Crippen molar-refractivity contribution in [2.45, 2.75) is 31.3 Å². The normalized spacial score (nSPS) is 23.6. The Morgan fingerprint density at radius 3 is 2.64 bits per heavy atom. The summed E-state index contributed by atoms with van der Waals surface area (Å²) in [5.41, 5.74) is 0.789. The Hall–Kier alpha value is -1.56. The van der Waals surface area contributed by atoms with Crippen LogP contribution in [0.2, 0.25) is 0 Å². The number of nitrogens with one attached hydrogen (secondary N) is 1. The van der Waals surface area contributed by atoms with Gasteiger partial charge in [0.05, 0.1) is 18.8 Å². The number of benzene rings is 1. The Kier molecular flexibility index (Phi) is 6.37. The number of cyclic esters (lactones) is 1. The first-order valence-corrected chi connectivity index (χ1v) is 11.0. The average Bonchev–Trinajstić information content (AvgIpc) is 3.00. The molecule has 2 heterocycles. The molecular formula is C17H21F3N2O4S2. The summed E-state index contributed by atoms with van der Waals surface area (Å²) in [7, 11) is -2.54. The number of hydrogen-bond donors (Lipinski definition) is 3. The van der Waals surface area contributed by atoms with Crippen molar-refractivity contribution in [3.8, 4) is 0 Å². The molecule has 1 atom stereocenters. The fourth-order valence-corrected chi connectivity index (χ4v) is 4.98. The predicted octanol–water partition coefficient (Wildman–Crippen LogP) is 3.96. The van der Waals surface area contributed by atoms with Gasteiger partial charge in [-0.05, 0) is 36.5 Å². The summed E-state index contributed by atoms with van der Waals surface area (Å²) in [6, 6.07) is 4.44. The first kappa shape index (κ1) is 21.2. The SMILES string of the molecule is O=C1O[C@@H](CNC(=S)C(F)F)CN1c1ccc(C2CCS(O)(O)CC2)c(F)c1. The minimum absolute atomic E-state index is 0.0551. The maximum atomic E-state index is 14.6. The van der Waals surface area contributed by atoms with E-state index in [0.717, 1.165) is 0 Å². The molecule has 3 rings (SSSR count). The number of anilines is 1. The fraction of sp³-hybridized carbons (Fsp3) is 0.529. The zero-order chi connectivity index (χ0) is 20.5. The summed E-state index contributed by atoms with van der Waals surface area (Å²) in [5, 5.41) is 2.35. The van der Waals surface area contributed by atoms with E-state index in [9.17, 15) is 27.1 Å². The van der Waals surface area contributed by atoms with Gasteiger partial charge < -0.3 is 10.1 Å². The monoisotopic (exact) mass is 438 g/mol. The first-order chi connectivity index (χ1) is 13.2. The lowest BCUT2D eigenvalue weighted by Gasteiger charge is -2.39. The van der Waals surface area contributed by atoms with Crippen LogP contribution in [0.1, 0.15) is 24.3 Å². The molecule has 156 valence electrons. The lowest BCUT2D eigenvalue weighted by Crippen LogP contribution is -2.36. The topological polar surface area (TPSA) is 82.0 Å². The second-order valence-electron chi connectivity index (χ2n) is 6.85. The van der Waals surface area contributed by atoms with Crippen molar-refractivity contribution >= 4 is 39.6 Å². The predicted molar refractivity (Wildman–Crippen MR) is 105 cm³/mol. The largest absolute Gasteiger partial charge is 0.442 e. The van der Waals surface area contributed by atoms with Gasteiger partial charge in [0.15, 0.2) is 0 Å². The quantitative estimate of drug-likeness (QED) is 0.604. The van der Waals surface area contributed by atoms with Crippen LogP contribution >= 0.6 is 22.8 Å². The first-order valence-electron chi connectivity index (χ1n) is 8.73. The highest BCUT2D eigenvalue weighted by molar-refractivity contribution is 8.24. The highest BCUT2D eigenvalue weighted by atomic mass is 32.3. The molecule has 2 aliphatic rings. The number of amides is 1. The van der Waals surface area contributed by atoms with Gasteiger partial charge in [0.1, 0.15) is 16.9 Å². The second-order valence-corrected chi connectivity index (χ2v) is 9.71. The molecule has 1 amide bonds. The summed E-state index contributed by atoms with van der Waals surface area (Å²) >= 11 is 4.48. The highest BCUT2D eigenvalue weighted by Crippen LogP contribution is 2.48. The van der Waals surface area contributed by atoms with Crippen LogP contribution in [-0.4, -0.2) is 57.3 Å². The summed E-state index contributed by atoms with van der Waals surface area (Å²) < 4.78 is 63.9. The summed E-state index contributed by atoms with van der Waals surface area (Å²) in [4.78, 5) is 12.7. The van der Waals surface area contributed by atoms with Crippen molar-refractivity contribution < 1.29 is 31.8 Å². The number of halogens is 3. The number of alkyl halides is 2. The van der Waals surface area contributed by atoms with Crippen molar-refractivity contribution in [3.05, 3.63) is 29.6 Å². The summed E-state index contributed by atoms with van der Waals surface area (Å²) in [6.45, 7) is 0.0290. The third-order valence-electron chi connectivity index (χ3n) is 4.90. The Bertz CT molecular complexity index is 756. The number of ether oxygens (including phenoxy) is 1. The zero-order valence-corrected chi connectivity index (χ0v) is 16.4. The molecule has 0 spiro atoms. The standard InChI is InChI=1S/C17H21F3N2O4S2/c18-14-7-11(1-2-13(14)10-3-5-28(24,25)6-4-10)22-9-12(26-17(22)23)8-21-16(27)15(19)20/h1-2,7,10,12,15,24-25H,3-6,8-9H2,(H,21,27)/t12-/m0/s1. The molecule has 0 bridgehead atoms. The molecule has 1 aromatic rings. The maximum Gasteiger partial charge on any atom is 0.414 e. The number of carbonyl (C=O) groups excluding carboxylic acids is 1. The fourth-order valence-electron chi connectivity index (χ4n) is 3.36. The molecule has 11 heteroatoms. The van der Waals surface area contributed by atoms with Gasteiger partial charge in [0.25, 0.3) is 6.43 Å². The molecule has 6 nitrogen and oxygen atoms in total. The Morgan fingerprint density at radius 2 is 2.04 bits per heavy atom. The van der Waals surface area contributed by atoms with Gasteiger partial charge >= 0.3 is 6.09 Å². The number of thiocarbonyl (C=S) groups is 1. The van der Waals surface area contributed by atoms with Crippen molar-refractivity contribution in [1.82, 2.24) is 5.32 Å². The number of nitrogens with zero attached hydrogens (tertiary/aromatic N) is 1. The Morgan fingerprint density at radius 1 is 1.36 bits per heavy atom. The van der Waals surface area contributed by atoms with Gasteiger partial charge in [0.2, 0.25) is 0 Å². The molecule has 0 unspecified atom stereocenters. The minimum Gasteiger partial charge on any atom is -0.442 e. The maximum absolute atomic E-state index is 14.6. The van der Waals surface area contributed by atoms with Crippen LogP contribution in [0.15, 0.2) is 18.2 Å². The second kappa shape index (κ2) is 8.44. The lowest BCUT2D eigenvalue weighted by atomic mass is 9.93. The van der Waals surface area contributed by atoms with Gasteiger partial charge in [0, 0.05) is 11.5 Å². The van der Waals surface area contributed by atoms with Gasteiger partial charge in [-0.1, -0.05) is 18.3 Å². The minimum atomic E-state index is -2.78. The van der Waals surface area contributed by atoms with Crippen molar-refractivity contribution in [1.29, 1.82) is 0 Å². The van der Waals surface area contributed by atoms with E-state index in [1.807, 2.05) is 0 Å². The van der Waals surface area contributed by atoms with Gasteiger partial charge in [-0.25, -0.2) is 18.0 Å². The molecule has 0 radical (unpaired) electrons. The average molecular weight is 438 g/mol.